The van der Waals surface area contributed by atoms with Gasteiger partial charge in [-0.25, -0.2) is 0 Å². The summed E-state index contributed by atoms with van der Waals surface area (Å²) >= 11 is 0. The Labute approximate surface area is 166 Å². The first-order chi connectivity index (χ1) is 5.74. The largest absolute Gasteiger partial charge is 3.00 e. The minimum absolute atomic E-state index is 0. The maximum absolute atomic E-state index is 4.90. The number of halogens is 3. The molecule has 0 rings (SSSR count). The van der Waals surface area contributed by atoms with Gasteiger partial charge < -0.3 is 112 Å². The summed E-state index contributed by atoms with van der Waals surface area (Å²) < 4.78 is 0. The Morgan fingerprint density at radius 2 is 0.471 bits per heavy atom. The monoisotopic (exact) mass is 638 g/mol. The van der Waals surface area contributed by atoms with Crippen molar-refractivity contribution in [3.8, 4) is 0 Å². The Kier molecular flexibility index (Phi) is 234. The summed E-state index contributed by atoms with van der Waals surface area (Å²) in [6.07, 6.45) is 0. The van der Waals surface area contributed by atoms with E-state index in [0.29, 0.717) is 39.3 Å². The van der Waals surface area contributed by atoms with Crippen LogP contribution in [0.2, 0.25) is 0 Å². The van der Waals surface area contributed by atoms with Gasteiger partial charge in [0.2, 0.25) is 0 Å². The Hall–Kier alpha value is 2.42. The van der Waals surface area contributed by atoms with E-state index in [1.54, 1.807) is 0 Å². The molecule has 0 amide bonds. The van der Waals surface area contributed by atoms with Gasteiger partial charge in [-0.2, -0.15) is 0 Å². The predicted molar refractivity (Wildman–Crippen MR) is 57.9 cm³/mol. The van der Waals surface area contributed by atoms with Crippen molar-refractivity contribution < 1.29 is 94.2 Å². The van der Waals surface area contributed by atoms with Crippen LogP contribution >= 0.6 is 0 Å². The number of hydrogen-bond acceptors (Lipinski definition) is 6. The molecule has 0 spiro atoms. The molecule has 0 fully saturated rings. The van der Waals surface area contributed by atoms with Gasteiger partial charge in [0.25, 0.3) is 0 Å². The molecule has 0 aliphatic heterocycles. The van der Waals surface area contributed by atoms with Crippen molar-refractivity contribution in [2.75, 3.05) is 39.3 Å². The summed E-state index contributed by atoms with van der Waals surface area (Å²) in [4.78, 5) is 0. The van der Waals surface area contributed by atoms with Gasteiger partial charge in [-0.3, -0.25) is 0 Å². The molecule has 0 saturated heterocycles. The second-order valence-electron chi connectivity index (χ2n) is 1.73. The SMILES string of the molecule is NCCN.NCCN.NCCN.O.[Co+3].[I-].[I-].[I-]. The molecule has 17 heavy (non-hydrogen) atoms. The molecule has 0 aliphatic carbocycles. The Morgan fingerprint density at radius 3 is 0.471 bits per heavy atom. The Morgan fingerprint density at radius 1 is 0.412 bits per heavy atom. The van der Waals surface area contributed by atoms with Gasteiger partial charge in [-0.05, 0) is 0 Å². The zero-order chi connectivity index (χ0) is 10.2. The van der Waals surface area contributed by atoms with Crippen molar-refractivity contribution in [2.45, 2.75) is 0 Å². The average molecular weight is 638 g/mol. The molecule has 7 nitrogen and oxygen atoms in total. The van der Waals surface area contributed by atoms with E-state index >= 15 is 0 Å². The number of rotatable bonds is 3. The molecule has 0 unspecified atom stereocenters. The standard InChI is InChI=1S/3C2H8N2.Co.3HI.H2O/c3*3-1-2-4;;;;;/h3*1-4H2;;3*1H;1H2/q;;;+3;;;;/p-3. The van der Waals surface area contributed by atoms with Crippen molar-refractivity contribution in [2.24, 2.45) is 34.4 Å². The van der Waals surface area contributed by atoms with Gasteiger partial charge in [-0.15, -0.1) is 0 Å². The molecular formula is C6H26CoI3N6O. The average Bonchev–Trinajstić information content (AvgIpc) is 2.18. The first-order valence-electron chi connectivity index (χ1n) is 3.95. The third kappa shape index (κ3) is 169. The zero-order valence-electron chi connectivity index (χ0n) is 9.67. The molecule has 0 aromatic carbocycles. The van der Waals surface area contributed by atoms with Gasteiger partial charge in [0, 0.05) is 39.3 Å². The first kappa shape index (κ1) is 50.5. The van der Waals surface area contributed by atoms with Crippen LogP contribution in [0, 0.1) is 0 Å². The second-order valence-corrected chi connectivity index (χ2v) is 1.73. The molecule has 0 bridgehead atoms. The summed E-state index contributed by atoms with van der Waals surface area (Å²) in [7, 11) is 0. The van der Waals surface area contributed by atoms with E-state index in [9.17, 15) is 0 Å². The molecular weight excluding hydrogens is 612 g/mol. The maximum atomic E-state index is 4.90. The van der Waals surface area contributed by atoms with E-state index in [2.05, 4.69) is 0 Å². The number of nitrogens with two attached hydrogens (primary N) is 6. The van der Waals surface area contributed by atoms with Crippen molar-refractivity contribution in [3.05, 3.63) is 0 Å². The molecule has 0 aromatic heterocycles. The fourth-order valence-corrected chi connectivity index (χ4v) is 0. The summed E-state index contributed by atoms with van der Waals surface area (Å²) in [5.41, 5.74) is 29.4. The van der Waals surface area contributed by atoms with E-state index < -0.39 is 0 Å². The third-order valence-corrected chi connectivity index (χ3v) is 0.500. The molecule has 14 N–H and O–H groups in total. The summed E-state index contributed by atoms with van der Waals surface area (Å²) in [5, 5.41) is 0. The van der Waals surface area contributed by atoms with Crippen LogP contribution in [0.5, 0.6) is 0 Å². The molecule has 0 aliphatic rings. The van der Waals surface area contributed by atoms with E-state index in [4.69, 9.17) is 34.4 Å². The molecule has 0 aromatic rings. The number of hydrogen-bond donors (Lipinski definition) is 6. The first-order valence-corrected chi connectivity index (χ1v) is 3.95. The van der Waals surface area contributed by atoms with Gasteiger partial charge in [0.05, 0.1) is 0 Å². The van der Waals surface area contributed by atoms with Crippen molar-refractivity contribution in [1.82, 2.24) is 0 Å². The van der Waals surface area contributed by atoms with Crippen LogP contribution in [0.4, 0.5) is 0 Å². The van der Waals surface area contributed by atoms with Crippen LogP contribution in [-0.4, -0.2) is 44.7 Å². The molecule has 0 radical (unpaired) electrons. The van der Waals surface area contributed by atoms with Crippen LogP contribution in [0.1, 0.15) is 0 Å². The van der Waals surface area contributed by atoms with Crippen molar-refractivity contribution in [1.29, 1.82) is 0 Å². The molecule has 116 valence electrons. The molecule has 0 heterocycles. The third-order valence-electron chi connectivity index (χ3n) is 0.500. The van der Waals surface area contributed by atoms with E-state index in [1.165, 1.54) is 0 Å². The fraction of sp³-hybridized carbons (Fsp3) is 1.00. The summed E-state index contributed by atoms with van der Waals surface area (Å²) in [6, 6.07) is 0. The summed E-state index contributed by atoms with van der Waals surface area (Å²) in [6.45, 7) is 3.58. The van der Waals surface area contributed by atoms with Crippen LogP contribution in [0.3, 0.4) is 0 Å². The van der Waals surface area contributed by atoms with Crippen molar-refractivity contribution >= 4 is 0 Å². The van der Waals surface area contributed by atoms with Gasteiger partial charge in [0.1, 0.15) is 0 Å². The van der Waals surface area contributed by atoms with Crippen LogP contribution < -0.4 is 106 Å². The minimum Gasteiger partial charge on any atom is -1.00 e. The predicted octanol–water partition coefficient (Wildman–Crippen LogP) is -13.1. The van der Waals surface area contributed by atoms with Crippen LogP contribution in [0.15, 0.2) is 0 Å². The molecule has 0 atom stereocenters. The van der Waals surface area contributed by atoms with E-state index in [1.807, 2.05) is 0 Å². The Bertz CT molecular complexity index is 49.2. The van der Waals surface area contributed by atoms with Gasteiger partial charge in [0.15, 0.2) is 0 Å². The normalized spacial score (nSPS) is 5.29. The summed E-state index contributed by atoms with van der Waals surface area (Å²) in [5.74, 6) is 0. The van der Waals surface area contributed by atoms with E-state index in [0.717, 1.165) is 0 Å². The molecule has 0 saturated carbocycles. The zero-order valence-corrected chi connectivity index (χ0v) is 17.2. The van der Waals surface area contributed by atoms with Crippen molar-refractivity contribution in [3.63, 3.8) is 0 Å². The fourth-order valence-electron chi connectivity index (χ4n) is 0. The maximum Gasteiger partial charge on any atom is 3.00 e. The quantitative estimate of drug-likeness (QED) is 0.167. The van der Waals surface area contributed by atoms with Gasteiger partial charge >= 0.3 is 16.8 Å². The molecule has 11 heteroatoms. The second kappa shape index (κ2) is 78.9. The smallest absolute Gasteiger partial charge is 1.00 e. The van der Waals surface area contributed by atoms with Gasteiger partial charge in [-0.1, -0.05) is 0 Å². The van der Waals surface area contributed by atoms with E-state index in [-0.39, 0.29) is 94.2 Å². The van der Waals surface area contributed by atoms with Crippen LogP contribution in [0.25, 0.3) is 0 Å². The topological polar surface area (TPSA) is 188 Å². The Balaban J connectivity index is -0.0000000104. The van der Waals surface area contributed by atoms with Crippen LogP contribution in [-0.2, 0) is 16.8 Å². The minimum atomic E-state index is 0.